The van der Waals surface area contributed by atoms with Gasteiger partial charge in [-0.15, -0.1) is 0 Å². The lowest BCUT2D eigenvalue weighted by Gasteiger charge is -2.35. The summed E-state index contributed by atoms with van der Waals surface area (Å²) in [6.07, 6.45) is -0.446. The van der Waals surface area contributed by atoms with Gasteiger partial charge in [0.05, 0.1) is 31.3 Å². The van der Waals surface area contributed by atoms with Gasteiger partial charge in [-0.05, 0) is 59.1 Å². The Labute approximate surface area is 284 Å². The van der Waals surface area contributed by atoms with Crippen LogP contribution in [0.1, 0.15) is 59.9 Å². The van der Waals surface area contributed by atoms with E-state index < -0.39 is 83.8 Å². The van der Waals surface area contributed by atoms with Gasteiger partial charge in [0.15, 0.2) is 0 Å². The van der Waals surface area contributed by atoms with Crippen molar-refractivity contribution in [2.45, 2.75) is 90.4 Å². The highest BCUT2D eigenvalue weighted by atomic mass is 16.7. The van der Waals surface area contributed by atoms with E-state index in [2.05, 4.69) is 10.6 Å². The van der Waals surface area contributed by atoms with Crippen molar-refractivity contribution in [3.63, 3.8) is 0 Å². The first kappa shape index (κ1) is 38.4. The Kier molecular flexibility index (Phi) is 12.8. The molecule has 1 aliphatic carbocycles. The predicted molar refractivity (Wildman–Crippen MR) is 172 cm³/mol. The Hall–Kier alpha value is -5.08. The molecule has 2 aliphatic rings. The molecule has 0 unspecified atom stereocenters. The van der Waals surface area contributed by atoms with Gasteiger partial charge >= 0.3 is 30.1 Å². The molecule has 15 nitrogen and oxygen atoms in total. The summed E-state index contributed by atoms with van der Waals surface area (Å²) in [7, 11) is 1.21. The number of allylic oxidation sites excluding steroid dienone is 1. The summed E-state index contributed by atoms with van der Waals surface area (Å²) in [5.74, 6) is -4.76. The molecule has 3 rings (SSSR count). The molecule has 1 heterocycles. The van der Waals surface area contributed by atoms with E-state index in [9.17, 15) is 28.8 Å². The fourth-order valence-corrected chi connectivity index (χ4v) is 5.18. The van der Waals surface area contributed by atoms with E-state index in [1.807, 2.05) is 6.07 Å². The molecule has 3 amide bonds. The SMILES string of the molecule is COC(=O)C1=CO[C@@H](OC(=O)[C@H](Cc2ccccc2)NC(=O)OC(C)(C)C)[C@@H]2C(COC(=O)[C@H](CC(N)=O)NC(=O)OC(C)(C)C)=CC[C@H]12. The number of alkyl carbamates (subject to hydrolysis) is 2. The number of hydrogen-bond acceptors (Lipinski definition) is 12. The zero-order valence-corrected chi connectivity index (χ0v) is 28.7. The Morgan fingerprint density at radius 3 is 2.04 bits per heavy atom. The Morgan fingerprint density at radius 1 is 0.898 bits per heavy atom. The van der Waals surface area contributed by atoms with E-state index in [-0.39, 0.29) is 25.0 Å². The van der Waals surface area contributed by atoms with Crippen molar-refractivity contribution >= 4 is 36.0 Å². The van der Waals surface area contributed by atoms with Crippen molar-refractivity contribution in [1.29, 1.82) is 0 Å². The summed E-state index contributed by atoms with van der Waals surface area (Å²) in [5, 5.41) is 4.87. The molecule has 0 fully saturated rings. The Bertz CT molecular complexity index is 1460. The highest BCUT2D eigenvalue weighted by Gasteiger charge is 2.47. The zero-order valence-electron chi connectivity index (χ0n) is 28.7. The maximum Gasteiger partial charge on any atom is 0.408 e. The molecule has 5 atom stereocenters. The molecular formula is C34H45N3O12. The van der Waals surface area contributed by atoms with Crippen LogP contribution in [0.4, 0.5) is 9.59 Å². The van der Waals surface area contributed by atoms with E-state index in [0.717, 1.165) is 11.8 Å². The summed E-state index contributed by atoms with van der Waals surface area (Å²) in [6.45, 7) is 9.55. The molecule has 268 valence electrons. The van der Waals surface area contributed by atoms with Crippen molar-refractivity contribution in [2.75, 3.05) is 13.7 Å². The van der Waals surface area contributed by atoms with Crippen molar-refractivity contribution in [3.8, 4) is 0 Å². The second kappa shape index (κ2) is 16.3. The van der Waals surface area contributed by atoms with Gasteiger partial charge in [0.2, 0.25) is 5.91 Å². The second-order valence-corrected chi connectivity index (χ2v) is 13.5. The lowest BCUT2D eigenvalue weighted by Crippen LogP contribution is -2.48. The van der Waals surface area contributed by atoms with Crippen molar-refractivity contribution in [3.05, 3.63) is 59.4 Å². The van der Waals surface area contributed by atoms with Crippen molar-refractivity contribution in [1.82, 2.24) is 10.6 Å². The van der Waals surface area contributed by atoms with Crippen LogP contribution in [0, 0.1) is 11.8 Å². The molecule has 1 aromatic carbocycles. The fourth-order valence-electron chi connectivity index (χ4n) is 5.18. The van der Waals surface area contributed by atoms with Crippen LogP contribution in [0.3, 0.4) is 0 Å². The molecule has 4 N–H and O–H groups in total. The molecule has 0 saturated carbocycles. The maximum absolute atomic E-state index is 13.7. The molecular weight excluding hydrogens is 642 g/mol. The first-order valence-corrected chi connectivity index (χ1v) is 15.7. The summed E-state index contributed by atoms with van der Waals surface area (Å²) < 4.78 is 32.5. The number of carbonyl (C=O) groups excluding carboxylic acids is 6. The number of nitrogens with one attached hydrogen (secondary N) is 2. The predicted octanol–water partition coefficient (Wildman–Crippen LogP) is 2.95. The third-order valence-corrected chi connectivity index (χ3v) is 7.19. The van der Waals surface area contributed by atoms with Gasteiger partial charge in [-0.3, -0.25) is 4.79 Å². The van der Waals surface area contributed by atoms with Gasteiger partial charge in [-0.1, -0.05) is 36.4 Å². The number of rotatable bonds is 12. The molecule has 0 radical (unpaired) electrons. The number of methoxy groups -OCH3 is 1. The van der Waals surface area contributed by atoms with Gasteiger partial charge in [0.25, 0.3) is 6.29 Å². The average Bonchev–Trinajstić information content (AvgIpc) is 3.42. The van der Waals surface area contributed by atoms with E-state index in [0.29, 0.717) is 5.57 Å². The monoisotopic (exact) mass is 687 g/mol. The number of fused-ring (bicyclic) bond motifs is 1. The Morgan fingerprint density at radius 2 is 1.49 bits per heavy atom. The highest BCUT2D eigenvalue weighted by molar-refractivity contribution is 5.89. The van der Waals surface area contributed by atoms with E-state index >= 15 is 0 Å². The van der Waals surface area contributed by atoms with Crippen molar-refractivity contribution < 1.29 is 57.2 Å². The van der Waals surface area contributed by atoms with Crippen molar-refractivity contribution in [2.24, 2.45) is 17.6 Å². The minimum absolute atomic E-state index is 0.0647. The number of nitrogens with two attached hydrogens (primary N) is 1. The van der Waals surface area contributed by atoms with Crippen LogP contribution in [0.15, 0.2) is 53.8 Å². The average molecular weight is 688 g/mol. The van der Waals surface area contributed by atoms with Crippen LogP contribution in [0.2, 0.25) is 0 Å². The first-order valence-electron chi connectivity index (χ1n) is 15.7. The molecule has 1 aliphatic heterocycles. The lowest BCUT2D eigenvalue weighted by atomic mass is 9.83. The minimum atomic E-state index is -1.45. The quantitative estimate of drug-likeness (QED) is 0.165. The molecule has 0 saturated heterocycles. The van der Waals surface area contributed by atoms with Crippen LogP contribution in [0.25, 0.3) is 0 Å². The summed E-state index contributed by atoms with van der Waals surface area (Å²) in [6, 6.07) is 6.30. The van der Waals surface area contributed by atoms with Gasteiger partial charge < -0.3 is 44.8 Å². The van der Waals surface area contributed by atoms with Crippen LogP contribution >= 0.6 is 0 Å². The van der Waals surface area contributed by atoms with Crippen LogP contribution in [0.5, 0.6) is 0 Å². The van der Waals surface area contributed by atoms with Gasteiger partial charge in [0.1, 0.15) is 29.9 Å². The molecule has 49 heavy (non-hydrogen) atoms. The molecule has 0 aromatic heterocycles. The van der Waals surface area contributed by atoms with Gasteiger partial charge in [0, 0.05) is 12.3 Å². The molecule has 0 bridgehead atoms. The zero-order chi connectivity index (χ0) is 36.5. The van der Waals surface area contributed by atoms with E-state index in [1.165, 1.54) is 7.11 Å². The third-order valence-electron chi connectivity index (χ3n) is 7.19. The minimum Gasteiger partial charge on any atom is -0.466 e. The number of primary amides is 1. The number of ether oxygens (including phenoxy) is 6. The number of carbonyl (C=O) groups is 6. The lowest BCUT2D eigenvalue weighted by molar-refractivity contribution is -0.185. The first-order chi connectivity index (χ1) is 22.9. The largest absolute Gasteiger partial charge is 0.466 e. The topological polar surface area (TPSA) is 208 Å². The standard InChI is InChI=1S/C34H45N3O12/c1-33(2,3)48-31(42)36-23(15-19-11-9-8-10-12-19)29(41)47-30-26-20(13-14-21(26)22(18-46-30)27(39)44-7)17-45-28(40)24(16-25(35)38)37-32(43)49-34(4,5)6/h8-13,18,21,23-24,26,30H,14-17H2,1-7H3,(H2,35,38)(H,36,42)(H,37,43)/t21-,23+,24+,26-,30+/m1/s1. The summed E-state index contributed by atoms with van der Waals surface area (Å²) >= 11 is 0. The maximum atomic E-state index is 13.7. The van der Waals surface area contributed by atoms with Gasteiger partial charge in [-0.2, -0.15) is 0 Å². The Balaban J connectivity index is 1.82. The fraction of sp³-hybridized carbons (Fsp3) is 0.529. The van der Waals surface area contributed by atoms with Crippen LogP contribution in [-0.4, -0.2) is 79.3 Å². The molecule has 15 heteroatoms. The smallest absolute Gasteiger partial charge is 0.408 e. The normalized spacial score (nSPS) is 19.7. The number of amides is 3. The summed E-state index contributed by atoms with van der Waals surface area (Å²) in [5.41, 5.74) is 4.91. The molecule has 1 aromatic rings. The second-order valence-electron chi connectivity index (χ2n) is 13.5. The summed E-state index contributed by atoms with van der Waals surface area (Å²) in [4.78, 5) is 76.0. The highest BCUT2D eigenvalue weighted by Crippen LogP contribution is 2.44. The van der Waals surface area contributed by atoms with E-state index in [4.69, 9.17) is 34.2 Å². The molecule has 0 spiro atoms. The number of esters is 3. The number of hydrogen-bond donors (Lipinski definition) is 3. The van der Waals surface area contributed by atoms with Crippen LogP contribution in [-0.2, 0) is 54.0 Å². The van der Waals surface area contributed by atoms with Gasteiger partial charge in [-0.25, -0.2) is 24.0 Å². The number of benzene rings is 1. The third kappa shape index (κ3) is 11.8. The van der Waals surface area contributed by atoms with E-state index in [1.54, 1.807) is 71.9 Å². The van der Waals surface area contributed by atoms with Crippen LogP contribution < -0.4 is 16.4 Å².